The molecule has 0 bridgehead atoms. The fourth-order valence-corrected chi connectivity index (χ4v) is 6.35. The van der Waals surface area contributed by atoms with Crippen LogP contribution in [0.4, 0.5) is 11.4 Å². The van der Waals surface area contributed by atoms with Crippen molar-refractivity contribution in [3.8, 4) is 0 Å². The highest BCUT2D eigenvalue weighted by Gasteiger charge is 2.31. The van der Waals surface area contributed by atoms with Crippen LogP contribution in [0, 0.1) is 0 Å². The van der Waals surface area contributed by atoms with Gasteiger partial charge in [0.05, 0.1) is 21.8 Å². The van der Waals surface area contributed by atoms with Crippen LogP contribution in [-0.4, -0.2) is 32.8 Å². The maximum Gasteiger partial charge on any atom is 0.264 e. The molecule has 0 radical (unpaired) electrons. The fraction of sp³-hybridized carbons (Fsp3) is 0.259. The smallest absolute Gasteiger partial charge is 0.264 e. The molecule has 3 aromatic rings. The molecule has 2 N–H and O–H groups in total. The lowest BCUT2D eigenvalue weighted by Crippen LogP contribution is -2.33. The predicted octanol–water partition coefficient (Wildman–Crippen LogP) is 4.36. The number of carbonyl (C=O) groups is 2. The normalized spacial score (nSPS) is 15.6. The summed E-state index contributed by atoms with van der Waals surface area (Å²) in [5.41, 5.74) is 2.62. The number of hydrogen-bond acceptors (Lipinski definition) is 4. The van der Waals surface area contributed by atoms with Crippen LogP contribution in [0.2, 0.25) is 0 Å². The number of nitrogens with zero attached hydrogens (tertiary/aromatic N) is 1. The molecule has 0 unspecified atom stereocenters. The van der Waals surface area contributed by atoms with E-state index in [0.717, 1.165) is 31.2 Å². The van der Waals surface area contributed by atoms with Crippen LogP contribution >= 0.6 is 0 Å². The molecule has 7 nitrogen and oxygen atoms in total. The summed E-state index contributed by atoms with van der Waals surface area (Å²) in [6.45, 7) is 0.363. The first kappa shape index (κ1) is 23.1. The number of carbonyl (C=O) groups excluding carboxylic acids is 2. The van der Waals surface area contributed by atoms with Gasteiger partial charge in [-0.1, -0.05) is 49.2 Å². The second-order valence-corrected chi connectivity index (χ2v) is 10.8. The molecule has 3 aromatic carbocycles. The van der Waals surface area contributed by atoms with Gasteiger partial charge in [-0.3, -0.25) is 13.9 Å². The van der Waals surface area contributed by atoms with E-state index < -0.39 is 15.9 Å². The van der Waals surface area contributed by atoms with Crippen LogP contribution in [0.5, 0.6) is 0 Å². The molecule has 1 aliphatic carbocycles. The molecule has 5 rings (SSSR count). The first-order chi connectivity index (χ1) is 16.9. The van der Waals surface area contributed by atoms with Crippen LogP contribution in [-0.2, 0) is 16.4 Å². The molecule has 8 heteroatoms. The van der Waals surface area contributed by atoms with E-state index in [2.05, 4.69) is 10.6 Å². The minimum Gasteiger partial charge on any atom is -0.349 e. The Bertz CT molecular complexity index is 1380. The van der Waals surface area contributed by atoms with Gasteiger partial charge in [-0.15, -0.1) is 0 Å². The highest BCUT2D eigenvalue weighted by atomic mass is 32.2. The second-order valence-electron chi connectivity index (χ2n) is 8.94. The van der Waals surface area contributed by atoms with E-state index in [-0.39, 0.29) is 22.4 Å². The van der Waals surface area contributed by atoms with E-state index in [0.29, 0.717) is 29.9 Å². The van der Waals surface area contributed by atoms with Gasteiger partial charge in [0.15, 0.2) is 0 Å². The summed E-state index contributed by atoms with van der Waals surface area (Å²) >= 11 is 0. The molecule has 1 saturated carbocycles. The van der Waals surface area contributed by atoms with E-state index in [1.54, 1.807) is 42.5 Å². The molecule has 2 aliphatic rings. The third-order valence-corrected chi connectivity index (χ3v) is 8.45. The quantitative estimate of drug-likeness (QED) is 0.538. The Morgan fingerprint density at radius 1 is 0.857 bits per heavy atom. The van der Waals surface area contributed by atoms with Crippen molar-refractivity contribution in [2.75, 3.05) is 16.2 Å². The second kappa shape index (κ2) is 9.54. The van der Waals surface area contributed by atoms with E-state index >= 15 is 0 Å². The van der Waals surface area contributed by atoms with Crippen molar-refractivity contribution < 1.29 is 18.0 Å². The minimum atomic E-state index is -3.83. The largest absolute Gasteiger partial charge is 0.349 e. The van der Waals surface area contributed by atoms with Crippen molar-refractivity contribution in [2.24, 2.45) is 0 Å². The van der Waals surface area contributed by atoms with Gasteiger partial charge in [-0.2, -0.15) is 0 Å². The predicted molar refractivity (Wildman–Crippen MR) is 135 cm³/mol. The molecule has 0 saturated heterocycles. The Labute approximate surface area is 205 Å². The number of rotatable bonds is 6. The van der Waals surface area contributed by atoms with E-state index in [9.17, 15) is 18.0 Å². The van der Waals surface area contributed by atoms with Gasteiger partial charge < -0.3 is 10.6 Å². The lowest BCUT2D eigenvalue weighted by molar-refractivity contribution is 0.0938. The number of para-hydroxylation sites is 2. The van der Waals surface area contributed by atoms with Crippen molar-refractivity contribution in [3.05, 3.63) is 89.5 Å². The number of sulfonamides is 1. The van der Waals surface area contributed by atoms with E-state index in [1.807, 2.05) is 18.2 Å². The lowest BCUT2D eigenvalue weighted by atomic mass is 10.1. The molecule has 35 heavy (non-hydrogen) atoms. The maximum atomic E-state index is 13.4. The first-order valence-electron chi connectivity index (χ1n) is 11.9. The average Bonchev–Trinajstić information content (AvgIpc) is 3.54. The zero-order chi connectivity index (χ0) is 24.4. The SMILES string of the molecule is O=C(Nc1ccccc1C(=O)NC1CCCC1)c1cccc(S(=O)(=O)N2CCc3ccccc32)c1. The topological polar surface area (TPSA) is 95.6 Å². The highest BCUT2D eigenvalue weighted by Crippen LogP contribution is 2.33. The Balaban J connectivity index is 1.36. The Hall–Kier alpha value is -3.65. The highest BCUT2D eigenvalue weighted by molar-refractivity contribution is 7.92. The molecule has 2 amide bonds. The van der Waals surface area contributed by atoms with Crippen molar-refractivity contribution in [1.29, 1.82) is 0 Å². The van der Waals surface area contributed by atoms with Crippen molar-refractivity contribution in [2.45, 2.75) is 43.0 Å². The maximum absolute atomic E-state index is 13.4. The van der Waals surface area contributed by atoms with Crippen LogP contribution in [0.25, 0.3) is 0 Å². The number of benzene rings is 3. The van der Waals surface area contributed by atoms with Gasteiger partial charge in [-0.05, 0) is 61.2 Å². The third kappa shape index (κ3) is 4.66. The standard InChI is InChI=1S/C27H27N3O4S/c31-26(29-24-14-5-4-13-23(24)27(32)28-21-10-2-3-11-21)20-9-7-12-22(18-20)35(33,34)30-17-16-19-8-1-6-15-25(19)30/h1,4-9,12-15,18,21H,2-3,10-11,16-17H2,(H,28,32)(H,29,31). The number of hydrogen-bond donors (Lipinski definition) is 2. The van der Waals surface area contributed by atoms with Crippen molar-refractivity contribution in [3.63, 3.8) is 0 Å². The summed E-state index contributed by atoms with van der Waals surface area (Å²) in [5.74, 6) is -0.707. The van der Waals surface area contributed by atoms with Gasteiger partial charge >= 0.3 is 0 Å². The zero-order valence-electron chi connectivity index (χ0n) is 19.2. The molecule has 0 aromatic heterocycles. The van der Waals surface area contributed by atoms with Crippen LogP contribution in [0.1, 0.15) is 52.0 Å². The van der Waals surface area contributed by atoms with Gasteiger partial charge in [0, 0.05) is 18.2 Å². The monoisotopic (exact) mass is 489 g/mol. The number of nitrogens with one attached hydrogen (secondary N) is 2. The summed E-state index contributed by atoms with van der Waals surface area (Å²) < 4.78 is 28.2. The van der Waals surface area contributed by atoms with Crippen LogP contribution in [0.3, 0.4) is 0 Å². The minimum absolute atomic E-state index is 0.0501. The number of amides is 2. The Morgan fingerprint density at radius 3 is 2.43 bits per heavy atom. The van der Waals surface area contributed by atoms with Gasteiger partial charge in [-0.25, -0.2) is 8.42 Å². The number of anilines is 2. The first-order valence-corrected chi connectivity index (χ1v) is 13.3. The molecule has 180 valence electrons. The average molecular weight is 490 g/mol. The Kier molecular flexibility index (Phi) is 6.30. The summed E-state index contributed by atoms with van der Waals surface area (Å²) in [4.78, 5) is 26.0. The molecule has 1 fully saturated rings. The van der Waals surface area contributed by atoms with Crippen LogP contribution < -0.4 is 14.9 Å². The third-order valence-electron chi connectivity index (χ3n) is 6.64. The zero-order valence-corrected chi connectivity index (χ0v) is 20.1. The van der Waals surface area contributed by atoms with E-state index in [4.69, 9.17) is 0 Å². The lowest BCUT2D eigenvalue weighted by Gasteiger charge is -2.20. The summed E-state index contributed by atoms with van der Waals surface area (Å²) in [6.07, 6.45) is 4.78. The summed E-state index contributed by atoms with van der Waals surface area (Å²) in [7, 11) is -3.83. The fourth-order valence-electron chi connectivity index (χ4n) is 4.80. The van der Waals surface area contributed by atoms with Crippen molar-refractivity contribution in [1.82, 2.24) is 5.32 Å². The Morgan fingerprint density at radius 2 is 1.60 bits per heavy atom. The molecular weight excluding hydrogens is 462 g/mol. The molecular formula is C27H27N3O4S. The van der Waals surface area contributed by atoms with Gasteiger partial charge in [0.25, 0.3) is 21.8 Å². The van der Waals surface area contributed by atoms with Gasteiger partial charge in [0.2, 0.25) is 0 Å². The molecule has 1 heterocycles. The van der Waals surface area contributed by atoms with Crippen LogP contribution in [0.15, 0.2) is 77.7 Å². The molecule has 0 atom stereocenters. The van der Waals surface area contributed by atoms with Gasteiger partial charge in [0.1, 0.15) is 0 Å². The molecule has 1 aliphatic heterocycles. The summed E-state index contributed by atoms with van der Waals surface area (Å²) in [5, 5.41) is 5.83. The van der Waals surface area contributed by atoms with E-state index in [1.165, 1.54) is 16.4 Å². The summed E-state index contributed by atoms with van der Waals surface area (Å²) in [6, 6.07) is 20.4. The number of fused-ring (bicyclic) bond motifs is 1. The van der Waals surface area contributed by atoms with Crippen molar-refractivity contribution >= 4 is 33.2 Å². The molecule has 0 spiro atoms.